The van der Waals surface area contributed by atoms with Crippen molar-refractivity contribution in [1.82, 2.24) is 10.2 Å². The molecular weight excluding hydrogens is 288 g/mol. The Morgan fingerprint density at radius 1 is 1.30 bits per heavy atom. The third-order valence-electron chi connectivity index (χ3n) is 3.93. The van der Waals surface area contributed by atoms with Crippen molar-refractivity contribution >= 4 is 11.6 Å². The zero-order chi connectivity index (χ0) is 17.2. The van der Waals surface area contributed by atoms with Crippen LogP contribution in [0.4, 0.5) is 5.69 Å². The van der Waals surface area contributed by atoms with E-state index in [0.29, 0.717) is 6.54 Å². The van der Waals surface area contributed by atoms with Crippen LogP contribution in [0.15, 0.2) is 30.0 Å². The van der Waals surface area contributed by atoms with Crippen LogP contribution in [0, 0.1) is 25.2 Å². The number of nitriles is 1. The molecule has 1 aromatic carbocycles. The first kappa shape index (κ1) is 18.7. The topological polar surface area (TPSA) is 68.2 Å². The van der Waals surface area contributed by atoms with Crippen molar-refractivity contribution in [2.45, 2.75) is 27.7 Å². The molecule has 2 N–H and O–H groups in total. The fourth-order valence-electron chi connectivity index (χ4n) is 2.16. The maximum Gasteiger partial charge on any atom is 0.267 e. The van der Waals surface area contributed by atoms with Crippen LogP contribution in [0.25, 0.3) is 0 Å². The molecule has 0 unspecified atom stereocenters. The molecule has 0 fully saturated rings. The summed E-state index contributed by atoms with van der Waals surface area (Å²) in [7, 11) is 0. The molecule has 0 heterocycles. The van der Waals surface area contributed by atoms with E-state index < -0.39 is 5.91 Å². The maximum atomic E-state index is 12.2. The van der Waals surface area contributed by atoms with Gasteiger partial charge >= 0.3 is 0 Å². The van der Waals surface area contributed by atoms with Gasteiger partial charge in [0.15, 0.2) is 0 Å². The molecule has 0 spiro atoms. The van der Waals surface area contributed by atoms with Gasteiger partial charge in [0, 0.05) is 25.0 Å². The number of likely N-dealkylation sites (N-methyl/N-ethyl adjacent to an activating group) is 1. The Morgan fingerprint density at radius 3 is 2.61 bits per heavy atom. The highest BCUT2D eigenvalue weighted by Crippen LogP contribution is 2.18. The molecule has 0 aliphatic rings. The van der Waals surface area contributed by atoms with Gasteiger partial charge in [-0.25, -0.2) is 0 Å². The van der Waals surface area contributed by atoms with Gasteiger partial charge in [0.25, 0.3) is 5.91 Å². The summed E-state index contributed by atoms with van der Waals surface area (Å²) < 4.78 is 0. The van der Waals surface area contributed by atoms with Gasteiger partial charge in [-0.1, -0.05) is 26.0 Å². The van der Waals surface area contributed by atoms with Crippen LogP contribution in [0.5, 0.6) is 0 Å². The van der Waals surface area contributed by atoms with Crippen molar-refractivity contribution in [2.75, 3.05) is 31.5 Å². The first-order valence-corrected chi connectivity index (χ1v) is 7.97. The number of amides is 1. The van der Waals surface area contributed by atoms with Gasteiger partial charge in [-0.2, -0.15) is 5.26 Å². The summed E-state index contributed by atoms with van der Waals surface area (Å²) in [6, 6.07) is 7.65. The van der Waals surface area contributed by atoms with Gasteiger partial charge in [0.1, 0.15) is 11.6 Å². The third kappa shape index (κ3) is 5.76. The zero-order valence-electron chi connectivity index (χ0n) is 14.4. The van der Waals surface area contributed by atoms with Gasteiger partial charge < -0.3 is 15.5 Å². The lowest BCUT2D eigenvalue weighted by molar-refractivity contribution is -0.112. The minimum atomic E-state index is -0.392. The summed E-state index contributed by atoms with van der Waals surface area (Å²) in [5.74, 6) is -0.392. The molecule has 0 aliphatic heterocycles. The summed E-state index contributed by atoms with van der Waals surface area (Å²) in [6.07, 6.45) is 1.49. The molecule has 5 heteroatoms. The Balaban J connectivity index is 2.63. The van der Waals surface area contributed by atoms with E-state index in [1.54, 1.807) is 0 Å². The van der Waals surface area contributed by atoms with Gasteiger partial charge in [0.2, 0.25) is 0 Å². The number of benzene rings is 1. The van der Waals surface area contributed by atoms with Crippen LogP contribution in [0.2, 0.25) is 0 Å². The number of carbonyl (C=O) groups excluding carboxylic acids is 1. The quantitative estimate of drug-likeness (QED) is 0.440. The molecule has 124 valence electrons. The number of aryl methyl sites for hydroxylation is 1. The molecule has 1 rings (SSSR count). The van der Waals surface area contributed by atoms with Gasteiger partial charge in [-0.3, -0.25) is 4.79 Å². The highest BCUT2D eigenvalue weighted by Gasteiger charge is 2.11. The number of anilines is 1. The molecule has 0 saturated carbocycles. The number of nitrogens with one attached hydrogen (secondary N) is 2. The Kier molecular flexibility index (Phi) is 7.86. The SMILES string of the molecule is CCN(CC)CCN/C=C(/C#N)C(=O)Nc1cccc(C)c1C. The summed E-state index contributed by atoms with van der Waals surface area (Å²) >= 11 is 0. The van der Waals surface area contributed by atoms with E-state index in [0.717, 1.165) is 36.4 Å². The number of hydrogen-bond acceptors (Lipinski definition) is 4. The second-order valence-corrected chi connectivity index (χ2v) is 5.35. The van der Waals surface area contributed by atoms with Crippen LogP contribution in [0.3, 0.4) is 0 Å². The van der Waals surface area contributed by atoms with E-state index in [1.807, 2.05) is 38.1 Å². The van der Waals surface area contributed by atoms with E-state index in [-0.39, 0.29) is 5.57 Å². The summed E-state index contributed by atoms with van der Waals surface area (Å²) in [5.41, 5.74) is 2.92. The molecule has 0 aliphatic carbocycles. The minimum absolute atomic E-state index is 0.0745. The second kappa shape index (κ2) is 9.65. The van der Waals surface area contributed by atoms with Gasteiger partial charge in [-0.15, -0.1) is 0 Å². The molecule has 0 atom stereocenters. The Morgan fingerprint density at radius 2 is 2.00 bits per heavy atom. The molecular formula is C18H26N4O. The van der Waals surface area contributed by atoms with Crippen molar-refractivity contribution in [3.8, 4) is 6.07 Å². The van der Waals surface area contributed by atoms with Crippen molar-refractivity contribution in [3.63, 3.8) is 0 Å². The van der Waals surface area contributed by atoms with Crippen LogP contribution in [-0.2, 0) is 4.79 Å². The molecule has 23 heavy (non-hydrogen) atoms. The number of carbonyl (C=O) groups is 1. The smallest absolute Gasteiger partial charge is 0.267 e. The normalized spacial score (nSPS) is 11.2. The van der Waals surface area contributed by atoms with Crippen molar-refractivity contribution in [3.05, 3.63) is 41.1 Å². The van der Waals surface area contributed by atoms with Crippen LogP contribution < -0.4 is 10.6 Å². The summed E-state index contributed by atoms with van der Waals surface area (Å²) in [4.78, 5) is 14.5. The molecule has 5 nitrogen and oxygen atoms in total. The molecule has 1 amide bonds. The first-order valence-electron chi connectivity index (χ1n) is 7.97. The Hall–Kier alpha value is -2.32. The predicted molar refractivity (Wildman–Crippen MR) is 94.0 cm³/mol. The highest BCUT2D eigenvalue weighted by atomic mass is 16.1. The lowest BCUT2D eigenvalue weighted by Crippen LogP contribution is -2.30. The third-order valence-corrected chi connectivity index (χ3v) is 3.93. The summed E-state index contributed by atoms with van der Waals surface area (Å²) in [5, 5.41) is 15.0. The molecule has 0 bridgehead atoms. The van der Waals surface area contributed by atoms with E-state index in [4.69, 9.17) is 5.26 Å². The van der Waals surface area contributed by atoms with Crippen molar-refractivity contribution in [2.24, 2.45) is 0 Å². The lowest BCUT2D eigenvalue weighted by Gasteiger charge is -2.17. The highest BCUT2D eigenvalue weighted by molar-refractivity contribution is 6.06. The second-order valence-electron chi connectivity index (χ2n) is 5.35. The fourth-order valence-corrected chi connectivity index (χ4v) is 2.16. The monoisotopic (exact) mass is 314 g/mol. The molecule has 1 aromatic rings. The average molecular weight is 314 g/mol. The van der Waals surface area contributed by atoms with Gasteiger partial charge in [0.05, 0.1) is 0 Å². The standard InChI is InChI=1S/C18H26N4O/c1-5-22(6-2)11-10-20-13-16(12-19)18(23)21-17-9-7-8-14(3)15(17)4/h7-9,13,20H,5-6,10-11H2,1-4H3,(H,21,23)/b16-13-. The Labute approximate surface area is 139 Å². The van der Waals surface area contributed by atoms with E-state index in [1.165, 1.54) is 6.20 Å². The van der Waals surface area contributed by atoms with Crippen molar-refractivity contribution in [1.29, 1.82) is 5.26 Å². The van der Waals surface area contributed by atoms with E-state index >= 15 is 0 Å². The number of nitrogens with zero attached hydrogens (tertiary/aromatic N) is 2. The Bertz CT molecular complexity index is 598. The molecule has 0 radical (unpaired) electrons. The number of rotatable bonds is 8. The van der Waals surface area contributed by atoms with Gasteiger partial charge in [-0.05, 0) is 44.1 Å². The predicted octanol–water partition coefficient (Wildman–Crippen LogP) is 2.58. The largest absolute Gasteiger partial charge is 0.388 e. The lowest BCUT2D eigenvalue weighted by atomic mass is 10.1. The zero-order valence-corrected chi connectivity index (χ0v) is 14.4. The van der Waals surface area contributed by atoms with Crippen LogP contribution >= 0.6 is 0 Å². The molecule has 0 saturated heterocycles. The minimum Gasteiger partial charge on any atom is -0.388 e. The number of hydrogen-bond donors (Lipinski definition) is 2. The van der Waals surface area contributed by atoms with Crippen LogP contribution in [0.1, 0.15) is 25.0 Å². The summed E-state index contributed by atoms with van der Waals surface area (Å²) in [6.45, 7) is 11.7. The average Bonchev–Trinajstić information content (AvgIpc) is 2.55. The first-order chi connectivity index (χ1) is 11.0. The van der Waals surface area contributed by atoms with E-state index in [9.17, 15) is 4.79 Å². The fraction of sp³-hybridized carbons (Fsp3) is 0.444. The van der Waals surface area contributed by atoms with Crippen LogP contribution in [-0.4, -0.2) is 37.0 Å². The van der Waals surface area contributed by atoms with E-state index in [2.05, 4.69) is 29.4 Å². The maximum absolute atomic E-state index is 12.2. The van der Waals surface area contributed by atoms with Crippen molar-refractivity contribution < 1.29 is 4.79 Å². The molecule has 0 aromatic heterocycles.